The summed E-state index contributed by atoms with van der Waals surface area (Å²) in [6, 6.07) is 12.2. The van der Waals surface area contributed by atoms with Gasteiger partial charge in [-0.25, -0.2) is 0 Å². The van der Waals surface area contributed by atoms with E-state index in [1.807, 2.05) is 6.07 Å². The van der Waals surface area contributed by atoms with Crippen molar-refractivity contribution in [3.8, 4) is 0 Å². The van der Waals surface area contributed by atoms with Gasteiger partial charge in [0.1, 0.15) is 0 Å². The molecule has 1 fully saturated rings. The Kier molecular flexibility index (Phi) is 5.21. The monoisotopic (exact) mass is 397 g/mol. The van der Waals surface area contributed by atoms with E-state index in [2.05, 4.69) is 0 Å². The van der Waals surface area contributed by atoms with Crippen LogP contribution in [-0.4, -0.2) is 16.0 Å². The molecule has 0 spiro atoms. The molecule has 0 bridgehead atoms. The van der Waals surface area contributed by atoms with Crippen LogP contribution in [0.2, 0.25) is 15.1 Å². The Morgan fingerprint density at radius 2 is 1.54 bits per heavy atom. The van der Waals surface area contributed by atoms with Crippen LogP contribution in [0.4, 0.5) is 4.79 Å². The highest BCUT2D eigenvalue weighted by Crippen LogP contribution is 2.36. The molecular weight excluding hydrogens is 389 g/mol. The van der Waals surface area contributed by atoms with E-state index in [9.17, 15) is 9.59 Å². The Labute approximate surface area is 158 Å². The van der Waals surface area contributed by atoms with Gasteiger partial charge in [-0.3, -0.25) is 14.5 Å². The minimum Gasteiger partial charge on any atom is -0.268 e. The average Bonchev–Trinajstić information content (AvgIpc) is 2.80. The van der Waals surface area contributed by atoms with Crippen LogP contribution in [0, 0.1) is 0 Å². The molecule has 0 aliphatic carbocycles. The van der Waals surface area contributed by atoms with Crippen LogP contribution in [0.3, 0.4) is 0 Å². The minimum absolute atomic E-state index is 0.0308. The minimum atomic E-state index is -0.388. The molecule has 0 N–H and O–H groups in total. The molecule has 24 heavy (non-hydrogen) atoms. The molecule has 0 aromatic heterocycles. The highest BCUT2D eigenvalue weighted by Gasteiger charge is 2.35. The summed E-state index contributed by atoms with van der Waals surface area (Å²) < 4.78 is 0. The Morgan fingerprint density at radius 3 is 2.21 bits per heavy atom. The van der Waals surface area contributed by atoms with Gasteiger partial charge in [-0.15, -0.1) is 0 Å². The molecule has 1 saturated heterocycles. The van der Waals surface area contributed by atoms with Gasteiger partial charge in [0.2, 0.25) is 0 Å². The van der Waals surface area contributed by atoms with Crippen molar-refractivity contribution in [1.29, 1.82) is 0 Å². The Hall–Kier alpha value is -1.46. The number of carbonyl (C=O) groups is 2. The molecule has 1 heterocycles. The van der Waals surface area contributed by atoms with E-state index < -0.39 is 0 Å². The first kappa shape index (κ1) is 17.4. The number of nitrogens with zero attached hydrogens (tertiary/aromatic N) is 1. The van der Waals surface area contributed by atoms with Gasteiger partial charge in [0.05, 0.1) is 11.4 Å². The van der Waals surface area contributed by atoms with E-state index in [0.29, 0.717) is 31.1 Å². The quantitative estimate of drug-likeness (QED) is 0.606. The third-order valence-electron chi connectivity index (χ3n) is 3.44. The summed E-state index contributed by atoms with van der Waals surface area (Å²) in [7, 11) is 0. The molecule has 3 rings (SSSR count). The maximum Gasteiger partial charge on any atom is 0.293 e. The SMILES string of the molecule is O=C1S/C(=C/c2ccccc2Cl)C(=O)N1Cc1c(Cl)cccc1Cl. The lowest BCUT2D eigenvalue weighted by Gasteiger charge is -2.14. The van der Waals surface area contributed by atoms with Crippen LogP contribution >= 0.6 is 46.6 Å². The normalized spacial score (nSPS) is 16.3. The van der Waals surface area contributed by atoms with E-state index in [0.717, 1.165) is 16.7 Å². The Morgan fingerprint density at radius 1 is 0.917 bits per heavy atom. The molecule has 2 amide bonds. The van der Waals surface area contributed by atoms with Crippen molar-refractivity contribution < 1.29 is 9.59 Å². The maximum atomic E-state index is 12.5. The summed E-state index contributed by atoms with van der Waals surface area (Å²) in [6.45, 7) is 0.0308. The van der Waals surface area contributed by atoms with E-state index in [4.69, 9.17) is 34.8 Å². The molecule has 122 valence electrons. The number of imide groups is 1. The Bertz CT molecular complexity index is 846. The molecule has 3 nitrogen and oxygen atoms in total. The number of halogens is 3. The fourth-order valence-electron chi connectivity index (χ4n) is 2.21. The third kappa shape index (κ3) is 3.47. The highest BCUT2D eigenvalue weighted by molar-refractivity contribution is 8.18. The van der Waals surface area contributed by atoms with Crippen molar-refractivity contribution in [1.82, 2.24) is 4.90 Å². The number of rotatable bonds is 3. The summed E-state index contributed by atoms with van der Waals surface area (Å²) in [5.74, 6) is -0.388. The predicted molar refractivity (Wildman–Crippen MR) is 99.4 cm³/mol. The predicted octanol–water partition coefficient (Wildman–Crippen LogP) is 5.88. The van der Waals surface area contributed by atoms with Crippen LogP contribution in [0.25, 0.3) is 6.08 Å². The second-order valence-electron chi connectivity index (χ2n) is 4.99. The first-order valence-electron chi connectivity index (χ1n) is 6.90. The Balaban J connectivity index is 1.89. The summed E-state index contributed by atoms with van der Waals surface area (Å²) >= 11 is 19.2. The summed E-state index contributed by atoms with van der Waals surface area (Å²) in [5.41, 5.74) is 1.22. The van der Waals surface area contributed by atoms with Gasteiger partial charge in [-0.1, -0.05) is 59.1 Å². The zero-order valence-electron chi connectivity index (χ0n) is 12.1. The van der Waals surface area contributed by atoms with Crippen LogP contribution in [-0.2, 0) is 11.3 Å². The average molecular weight is 399 g/mol. The zero-order chi connectivity index (χ0) is 17.3. The van der Waals surface area contributed by atoms with Crippen LogP contribution in [0.15, 0.2) is 47.4 Å². The fraction of sp³-hybridized carbons (Fsp3) is 0.0588. The van der Waals surface area contributed by atoms with Crippen molar-refractivity contribution in [2.45, 2.75) is 6.54 Å². The lowest BCUT2D eigenvalue weighted by atomic mass is 10.2. The smallest absolute Gasteiger partial charge is 0.268 e. The van der Waals surface area contributed by atoms with Crippen LogP contribution in [0.1, 0.15) is 11.1 Å². The summed E-state index contributed by atoms with van der Waals surface area (Å²) in [6.07, 6.45) is 1.61. The zero-order valence-corrected chi connectivity index (χ0v) is 15.2. The molecule has 0 unspecified atom stereocenters. The first-order chi connectivity index (χ1) is 11.5. The number of carbonyl (C=O) groups excluding carboxylic acids is 2. The van der Waals surface area contributed by atoms with E-state index in [-0.39, 0.29) is 17.7 Å². The van der Waals surface area contributed by atoms with Crippen molar-refractivity contribution in [2.24, 2.45) is 0 Å². The van der Waals surface area contributed by atoms with Gasteiger partial charge in [0.15, 0.2) is 0 Å². The molecule has 1 aliphatic rings. The lowest BCUT2D eigenvalue weighted by molar-refractivity contribution is -0.123. The molecular formula is C17H10Cl3NO2S. The van der Waals surface area contributed by atoms with E-state index in [1.165, 1.54) is 0 Å². The van der Waals surface area contributed by atoms with E-state index in [1.54, 1.807) is 42.5 Å². The molecule has 0 saturated carbocycles. The maximum absolute atomic E-state index is 12.5. The topological polar surface area (TPSA) is 37.4 Å². The molecule has 2 aromatic rings. The van der Waals surface area contributed by atoms with Crippen LogP contribution in [0.5, 0.6) is 0 Å². The van der Waals surface area contributed by atoms with Gasteiger partial charge in [-0.05, 0) is 41.6 Å². The van der Waals surface area contributed by atoms with Crippen molar-refractivity contribution in [2.75, 3.05) is 0 Å². The van der Waals surface area contributed by atoms with Gasteiger partial charge in [-0.2, -0.15) is 0 Å². The standard InChI is InChI=1S/C17H10Cl3NO2S/c18-12-5-2-1-4-10(12)8-15-16(22)21(17(23)24-15)9-11-13(19)6-3-7-14(11)20/h1-8H,9H2/b15-8+. The highest BCUT2D eigenvalue weighted by atomic mass is 35.5. The first-order valence-corrected chi connectivity index (χ1v) is 8.85. The summed E-state index contributed by atoms with van der Waals surface area (Å²) in [4.78, 5) is 26.2. The van der Waals surface area contributed by atoms with Gasteiger partial charge >= 0.3 is 0 Å². The second kappa shape index (κ2) is 7.19. The fourth-order valence-corrected chi connectivity index (χ4v) is 3.75. The molecule has 1 aliphatic heterocycles. The number of hydrogen-bond acceptors (Lipinski definition) is 3. The molecule has 7 heteroatoms. The molecule has 2 aromatic carbocycles. The van der Waals surface area contributed by atoms with Crippen molar-refractivity contribution >= 4 is 63.8 Å². The lowest BCUT2D eigenvalue weighted by Crippen LogP contribution is -2.27. The van der Waals surface area contributed by atoms with Gasteiger partial charge < -0.3 is 0 Å². The number of amides is 2. The summed E-state index contributed by atoms with van der Waals surface area (Å²) in [5, 5.41) is 0.973. The third-order valence-corrected chi connectivity index (χ3v) is 5.40. The van der Waals surface area contributed by atoms with E-state index >= 15 is 0 Å². The second-order valence-corrected chi connectivity index (χ2v) is 7.20. The van der Waals surface area contributed by atoms with Crippen LogP contribution < -0.4 is 0 Å². The van der Waals surface area contributed by atoms with Gasteiger partial charge in [0, 0.05) is 20.6 Å². The molecule has 0 atom stereocenters. The van der Waals surface area contributed by atoms with Crippen molar-refractivity contribution in [3.63, 3.8) is 0 Å². The number of hydrogen-bond donors (Lipinski definition) is 0. The largest absolute Gasteiger partial charge is 0.293 e. The number of benzene rings is 2. The van der Waals surface area contributed by atoms with Gasteiger partial charge in [0.25, 0.3) is 11.1 Å². The number of thioether (sulfide) groups is 1. The van der Waals surface area contributed by atoms with Crippen molar-refractivity contribution in [3.05, 3.63) is 73.6 Å². The molecule has 0 radical (unpaired) electrons.